The van der Waals surface area contributed by atoms with Crippen molar-refractivity contribution < 1.29 is 14.4 Å². The highest BCUT2D eigenvalue weighted by atomic mass is 16.2. The third-order valence-corrected chi connectivity index (χ3v) is 6.72. The highest BCUT2D eigenvalue weighted by molar-refractivity contribution is 6.11. The zero-order valence-electron chi connectivity index (χ0n) is 20.1. The van der Waals surface area contributed by atoms with Crippen molar-refractivity contribution in [3.63, 3.8) is 0 Å². The van der Waals surface area contributed by atoms with Crippen LogP contribution in [0.3, 0.4) is 0 Å². The van der Waals surface area contributed by atoms with Crippen LogP contribution >= 0.6 is 0 Å². The fourth-order valence-electron chi connectivity index (χ4n) is 4.72. The van der Waals surface area contributed by atoms with Gasteiger partial charge in [0.15, 0.2) is 0 Å². The molecule has 3 aromatic carbocycles. The third kappa shape index (κ3) is 3.56. The lowest BCUT2D eigenvalue weighted by Gasteiger charge is -2.24. The van der Waals surface area contributed by atoms with E-state index in [1.54, 1.807) is 43.8 Å². The maximum atomic E-state index is 13.4. The molecule has 0 spiro atoms. The minimum atomic E-state index is -1.33. The molecular weight excluding hydrogens is 458 g/mol. The quantitative estimate of drug-likeness (QED) is 0.426. The van der Waals surface area contributed by atoms with E-state index in [1.165, 1.54) is 4.68 Å². The van der Waals surface area contributed by atoms with Gasteiger partial charge in [-0.2, -0.15) is 0 Å². The second-order valence-corrected chi connectivity index (χ2v) is 8.96. The molecule has 1 saturated heterocycles. The molecule has 1 atom stereocenters. The second kappa shape index (κ2) is 8.53. The number of fused-ring (bicyclic) bond motifs is 1. The predicted molar refractivity (Wildman–Crippen MR) is 136 cm³/mol. The molecule has 1 aliphatic rings. The number of aromatic nitrogens is 2. The first-order chi connectivity index (χ1) is 17.2. The van der Waals surface area contributed by atoms with E-state index in [9.17, 15) is 19.2 Å². The maximum absolute atomic E-state index is 13.4. The molecule has 9 nitrogen and oxygen atoms in total. The Hall–Kier alpha value is -4.66. The lowest BCUT2D eigenvalue weighted by Crippen LogP contribution is -2.42. The zero-order chi connectivity index (χ0) is 25.6. The van der Waals surface area contributed by atoms with Crippen molar-refractivity contribution in [2.75, 3.05) is 11.9 Å². The van der Waals surface area contributed by atoms with Crippen LogP contribution in [0.4, 0.5) is 10.5 Å². The molecule has 2 N–H and O–H groups in total. The Morgan fingerprint density at radius 2 is 1.61 bits per heavy atom. The fourth-order valence-corrected chi connectivity index (χ4v) is 4.72. The largest absolute Gasteiger partial charge is 0.325 e. The van der Waals surface area contributed by atoms with Crippen LogP contribution in [0.25, 0.3) is 16.5 Å². The van der Waals surface area contributed by atoms with Gasteiger partial charge < -0.3 is 10.6 Å². The Kier molecular flexibility index (Phi) is 5.47. The topological polar surface area (TPSA) is 105 Å². The summed E-state index contributed by atoms with van der Waals surface area (Å²) in [6.07, 6.45) is 0. The van der Waals surface area contributed by atoms with Gasteiger partial charge in [0.2, 0.25) is 5.91 Å². The van der Waals surface area contributed by atoms with Crippen LogP contribution in [-0.2, 0) is 22.2 Å². The van der Waals surface area contributed by atoms with Crippen LogP contribution in [0.2, 0.25) is 0 Å². The van der Waals surface area contributed by atoms with E-state index < -0.39 is 35.5 Å². The number of anilines is 1. The molecule has 4 aromatic rings. The molecule has 36 heavy (non-hydrogen) atoms. The van der Waals surface area contributed by atoms with Crippen molar-refractivity contribution in [1.82, 2.24) is 19.6 Å². The lowest BCUT2D eigenvalue weighted by atomic mass is 9.88. The molecule has 0 bridgehead atoms. The molecule has 0 unspecified atom stereocenters. The monoisotopic (exact) mass is 483 g/mol. The summed E-state index contributed by atoms with van der Waals surface area (Å²) in [7, 11) is 1.71. The third-order valence-electron chi connectivity index (χ3n) is 6.72. The summed E-state index contributed by atoms with van der Waals surface area (Å²) in [6, 6.07) is 21.5. The molecule has 9 heteroatoms. The number of hydrogen-bond acceptors (Lipinski definition) is 4. The normalized spacial score (nSPS) is 17.5. The van der Waals surface area contributed by atoms with E-state index in [0.717, 1.165) is 15.7 Å². The van der Waals surface area contributed by atoms with Crippen molar-refractivity contribution in [1.29, 1.82) is 0 Å². The molecule has 1 aliphatic heterocycles. The smallest absolute Gasteiger partial charge is 0.319 e. The number of para-hydroxylation sites is 1. The van der Waals surface area contributed by atoms with Crippen LogP contribution in [0, 0.1) is 6.92 Å². The first-order valence-corrected chi connectivity index (χ1v) is 11.5. The average Bonchev–Trinajstić information content (AvgIpc) is 3.22. The summed E-state index contributed by atoms with van der Waals surface area (Å²) in [4.78, 5) is 53.2. The number of imide groups is 1. The zero-order valence-corrected chi connectivity index (χ0v) is 20.1. The summed E-state index contributed by atoms with van der Waals surface area (Å²) in [6.45, 7) is 2.82. The van der Waals surface area contributed by atoms with E-state index in [0.29, 0.717) is 16.9 Å². The summed E-state index contributed by atoms with van der Waals surface area (Å²) in [5, 5.41) is 7.13. The number of carbonyl (C=O) groups excluding carboxylic acids is 3. The summed E-state index contributed by atoms with van der Waals surface area (Å²) < 4.78 is 3.08. The number of urea groups is 1. The van der Waals surface area contributed by atoms with Crippen molar-refractivity contribution in [2.45, 2.75) is 19.4 Å². The van der Waals surface area contributed by atoms with Gasteiger partial charge in [-0.25, -0.2) is 9.48 Å². The average molecular weight is 484 g/mol. The molecular formula is C27H25N5O4. The molecule has 0 aliphatic carbocycles. The standard InChI is InChI=1S/C27H25N5O4/c1-17-23(24(34)32(30(17)3)19-12-5-4-6-13-19)28-22(33)16-31-25(35)27(2,29-26(31)36)21-15-9-11-18-10-7-8-14-20(18)21/h4-15H,16H2,1-3H3,(H,28,33)(H,29,36)/t27-/m0/s1. The summed E-state index contributed by atoms with van der Waals surface area (Å²) >= 11 is 0. The Balaban J connectivity index is 1.40. The van der Waals surface area contributed by atoms with Gasteiger partial charge in [0.05, 0.1) is 11.4 Å². The predicted octanol–water partition coefficient (Wildman–Crippen LogP) is 3.04. The van der Waals surface area contributed by atoms with Crippen LogP contribution in [-0.4, -0.2) is 38.7 Å². The van der Waals surface area contributed by atoms with E-state index in [4.69, 9.17) is 0 Å². The van der Waals surface area contributed by atoms with Gasteiger partial charge in [0, 0.05) is 7.05 Å². The number of nitrogens with one attached hydrogen (secondary N) is 2. The molecule has 1 fully saturated rings. The number of amides is 4. The Morgan fingerprint density at radius 1 is 0.944 bits per heavy atom. The molecule has 4 amide bonds. The van der Waals surface area contributed by atoms with Gasteiger partial charge in [0.1, 0.15) is 17.8 Å². The van der Waals surface area contributed by atoms with Crippen molar-refractivity contribution >= 4 is 34.3 Å². The Labute approximate surface area is 206 Å². The maximum Gasteiger partial charge on any atom is 0.325 e. The van der Waals surface area contributed by atoms with E-state index in [1.807, 2.05) is 54.6 Å². The number of rotatable bonds is 5. The lowest BCUT2D eigenvalue weighted by molar-refractivity contribution is -0.133. The molecule has 1 aromatic heterocycles. The highest BCUT2D eigenvalue weighted by Gasteiger charge is 2.50. The molecule has 2 heterocycles. The Morgan fingerprint density at radius 3 is 2.36 bits per heavy atom. The number of benzene rings is 3. The molecule has 0 radical (unpaired) electrons. The Bertz CT molecular complexity index is 1580. The minimum Gasteiger partial charge on any atom is -0.319 e. The first-order valence-electron chi connectivity index (χ1n) is 11.5. The number of hydrogen-bond donors (Lipinski definition) is 2. The van der Waals surface area contributed by atoms with Gasteiger partial charge in [-0.1, -0.05) is 60.7 Å². The number of nitrogens with zero attached hydrogens (tertiary/aromatic N) is 3. The first kappa shape index (κ1) is 23.1. The van der Waals surface area contributed by atoms with Crippen LogP contribution in [0.15, 0.2) is 77.6 Å². The van der Waals surface area contributed by atoms with Gasteiger partial charge in [0.25, 0.3) is 11.5 Å². The van der Waals surface area contributed by atoms with Crippen molar-refractivity contribution in [2.24, 2.45) is 7.05 Å². The van der Waals surface area contributed by atoms with E-state index in [2.05, 4.69) is 10.6 Å². The van der Waals surface area contributed by atoms with Crippen molar-refractivity contribution in [3.05, 3.63) is 94.4 Å². The second-order valence-electron chi connectivity index (χ2n) is 8.96. The minimum absolute atomic E-state index is 0.0928. The van der Waals surface area contributed by atoms with Gasteiger partial charge >= 0.3 is 6.03 Å². The molecule has 182 valence electrons. The van der Waals surface area contributed by atoms with Crippen LogP contribution < -0.4 is 16.2 Å². The van der Waals surface area contributed by atoms with Crippen LogP contribution in [0.5, 0.6) is 0 Å². The molecule has 0 saturated carbocycles. The fraction of sp³-hybridized carbons (Fsp3) is 0.185. The van der Waals surface area contributed by atoms with E-state index in [-0.39, 0.29) is 5.69 Å². The summed E-state index contributed by atoms with van der Waals surface area (Å²) in [5.41, 5.74) is 0.179. The SMILES string of the molecule is Cc1c(NC(=O)CN2C(=O)N[C@@](C)(c3cccc4ccccc34)C2=O)c(=O)n(-c2ccccc2)n1C. The van der Waals surface area contributed by atoms with Crippen LogP contribution in [0.1, 0.15) is 18.2 Å². The van der Waals surface area contributed by atoms with Gasteiger partial charge in [-0.05, 0) is 42.3 Å². The van der Waals surface area contributed by atoms with Gasteiger partial charge in [-0.15, -0.1) is 0 Å². The highest BCUT2D eigenvalue weighted by Crippen LogP contribution is 2.33. The summed E-state index contributed by atoms with van der Waals surface area (Å²) in [5.74, 6) is -1.18. The number of carbonyl (C=O) groups is 3. The van der Waals surface area contributed by atoms with Gasteiger partial charge in [-0.3, -0.25) is 24.0 Å². The van der Waals surface area contributed by atoms with E-state index >= 15 is 0 Å². The van der Waals surface area contributed by atoms with Crippen molar-refractivity contribution in [3.8, 4) is 5.69 Å². The molecule has 5 rings (SSSR count).